The summed E-state index contributed by atoms with van der Waals surface area (Å²) in [6, 6.07) is 1.47. The van der Waals surface area contributed by atoms with Crippen molar-refractivity contribution < 1.29 is 23.0 Å². The summed E-state index contributed by atoms with van der Waals surface area (Å²) >= 11 is 16.4. The normalized spacial score (nSPS) is 25.1. The van der Waals surface area contributed by atoms with Gasteiger partial charge in [0.05, 0.1) is 51.9 Å². The fourth-order valence-electron chi connectivity index (χ4n) is 6.91. The highest BCUT2D eigenvalue weighted by atomic mass is 79.9. The van der Waals surface area contributed by atoms with Crippen LogP contribution in [0.5, 0.6) is 6.01 Å². The molecular weight excluding hydrogens is 721 g/mol. The second-order valence-corrected chi connectivity index (χ2v) is 14.2. The van der Waals surface area contributed by atoms with Gasteiger partial charge in [0.1, 0.15) is 24.3 Å². The zero-order valence-corrected chi connectivity index (χ0v) is 29.3. The first-order valence-electron chi connectivity index (χ1n) is 15.5. The average molecular weight is 758 g/mol. The van der Waals surface area contributed by atoms with E-state index in [1.165, 1.54) is 11.0 Å². The van der Waals surface area contributed by atoms with E-state index in [0.717, 1.165) is 19.4 Å². The molecule has 5 heterocycles. The van der Waals surface area contributed by atoms with Crippen molar-refractivity contribution >= 4 is 62.3 Å². The number of aliphatic imine (C=N–C) groups is 1. The van der Waals surface area contributed by atoms with Crippen LogP contribution in [0.4, 0.5) is 20.3 Å². The summed E-state index contributed by atoms with van der Waals surface area (Å²) in [6.07, 6.45) is 1.38. The third-order valence-corrected chi connectivity index (χ3v) is 11.1. The van der Waals surface area contributed by atoms with Crippen molar-refractivity contribution in [1.29, 1.82) is 0 Å². The third-order valence-electron chi connectivity index (χ3n) is 9.28. The number of halogens is 5. The Morgan fingerprint density at radius 2 is 2.09 bits per heavy atom. The summed E-state index contributed by atoms with van der Waals surface area (Å²) < 4.78 is 42.8. The number of alkyl halides is 1. The van der Waals surface area contributed by atoms with Crippen molar-refractivity contribution in [3.05, 3.63) is 48.9 Å². The minimum absolute atomic E-state index is 0.0585. The predicted molar refractivity (Wildman–Crippen MR) is 180 cm³/mol. The van der Waals surface area contributed by atoms with E-state index in [2.05, 4.69) is 25.8 Å². The average Bonchev–Trinajstić information content (AvgIpc) is 3.45. The number of fused-ring (bicyclic) bond motifs is 2. The Morgan fingerprint density at radius 3 is 2.85 bits per heavy atom. The zero-order chi connectivity index (χ0) is 33.6. The van der Waals surface area contributed by atoms with E-state index >= 15 is 4.39 Å². The van der Waals surface area contributed by atoms with Gasteiger partial charge < -0.3 is 30.7 Å². The van der Waals surface area contributed by atoms with Crippen LogP contribution < -0.4 is 21.1 Å². The molecule has 0 aliphatic carbocycles. The lowest BCUT2D eigenvalue weighted by atomic mass is 9.95. The van der Waals surface area contributed by atoms with E-state index in [-0.39, 0.29) is 59.2 Å². The maximum absolute atomic E-state index is 15.4. The van der Waals surface area contributed by atoms with Gasteiger partial charge in [0.2, 0.25) is 0 Å². The lowest BCUT2D eigenvalue weighted by Gasteiger charge is -2.33. The highest BCUT2D eigenvalue weighted by molar-refractivity contribution is 9.10. The largest absolute Gasteiger partial charge is 0.461 e. The molecule has 3 atom stereocenters. The van der Waals surface area contributed by atoms with Gasteiger partial charge in [-0.2, -0.15) is 9.97 Å². The molecule has 2 saturated heterocycles. The van der Waals surface area contributed by atoms with Gasteiger partial charge in [-0.15, -0.1) is 0 Å². The SMILES string of the molecule is CN(C)C(=O)/C(N)=C(\Cl)C1=NCCCN(c2nc(OC[C@@]34CCCN3C[C@H](F)C4)nc3c2COC(c2c(F)c(N)cc(Cl)c2Br)C3)C1. The van der Waals surface area contributed by atoms with E-state index in [1.807, 2.05) is 4.90 Å². The number of hydrogen-bond donors (Lipinski definition) is 2. The number of carbonyl (C=O) groups is 1. The molecule has 0 spiro atoms. The molecule has 0 saturated carbocycles. The van der Waals surface area contributed by atoms with Crippen molar-refractivity contribution in [2.45, 2.75) is 56.5 Å². The number of hydrogen-bond acceptors (Lipinski definition) is 10. The van der Waals surface area contributed by atoms with Gasteiger partial charge in [0, 0.05) is 62.2 Å². The summed E-state index contributed by atoms with van der Waals surface area (Å²) in [6.45, 7) is 2.74. The van der Waals surface area contributed by atoms with Crippen LogP contribution in [0.2, 0.25) is 5.02 Å². The molecule has 16 heteroatoms. The molecule has 1 unspecified atom stereocenters. The lowest BCUT2D eigenvalue weighted by molar-refractivity contribution is -0.124. The third kappa shape index (κ3) is 6.63. The van der Waals surface area contributed by atoms with Gasteiger partial charge in [0.25, 0.3) is 5.91 Å². The van der Waals surface area contributed by atoms with Crippen LogP contribution in [0.3, 0.4) is 0 Å². The maximum Gasteiger partial charge on any atom is 0.318 e. The summed E-state index contributed by atoms with van der Waals surface area (Å²) in [5.41, 5.74) is 13.4. The van der Waals surface area contributed by atoms with Crippen LogP contribution in [-0.2, 0) is 22.6 Å². The fourth-order valence-corrected chi connectivity index (χ4v) is 7.87. The first-order chi connectivity index (χ1) is 22.4. The van der Waals surface area contributed by atoms with Crippen LogP contribution >= 0.6 is 39.1 Å². The van der Waals surface area contributed by atoms with Crippen LogP contribution in [0, 0.1) is 5.82 Å². The molecule has 254 valence electrons. The Morgan fingerprint density at radius 1 is 1.30 bits per heavy atom. The number of nitrogens with two attached hydrogens (primary N) is 2. The minimum atomic E-state index is -0.908. The minimum Gasteiger partial charge on any atom is -0.461 e. The summed E-state index contributed by atoms with van der Waals surface area (Å²) in [5.74, 6) is -0.505. The highest BCUT2D eigenvalue weighted by Gasteiger charge is 2.49. The number of rotatable bonds is 7. The Hall–Kier alpha value is -2.78. The summed E-state index contributed by atoms with van der Waals surface area (Å²) in [5, 5.41) is 0.338. The van der Waals surface area contributed by atoms with E-state index < -0.39 is 29.5 Å². The van der Waals surface area contributed by atoms with Crippen molar-refractivity contribution in [2.24, 2.45) is 10.7 Å². The molecule has 1 aromatic carbocycles. The molecule has 1 amide bonds. The van der Waals surface area contributed by atoms with Crippen LogP contribution in [0.25, 0.3) is 0 Å². The van der Waals surface area contributed by atoms with Crippen LogP contribution in [0.1, 0.15) is 48.6 Å². The Bertz CT molecular complexity index is 1620. The number of anilines is 2. The number of nitrogens with zero attached hydrogens (tertiary/aromatic N) is 6. The van der Waals surface area contributed by atoms with Gasteiger partial charge >= 0.3 is 6.01 Å². The highest BCUT2D eigenvalue weighted by Crippen LogP contribution is 2.43. The molecular formula is C31H37BrCl2F2N8O3. The van der Waals surface area contributed by atoms with Crippen molar-refractivity contribution in [3.63, 3.8) is 0 Å². The number of ether oxygens (including phenoxy) is 2. The molecule has 11 nitrogen and oxygen atoms in total. The second-order valence-electron chi connectivity index (χ2n) is 12.6. The molecule has 0 bridgehead atoms. The van der Waals surface area contributed by atoms with Gasteiger partial charge in [-0.3, -0.25) is 14.7 Å². The quantitative estimate of drug-likeness (QED) is 0.237. The van der Waals surface area contributed by atoms with Gasteiger partial charge in [0.15, 0.2) is 5.82 Å². The Kier molecular flexibility index (Phi) is 9.88. The topological polar surface area (TPSA) is 135 Å². The second kappa shape index (κ2) is 13.6. The standard InChI is InChI=1S/C31H37BrCl2F2N8O3/c1-42(2)29(45)27(38)25(34)21-13-43(7-4-6-39-21)28-17-14-46-22(23-24(32)18(33)9-19(37)26(23)36)10-20(17)40-30(41-28)47-15-31-5-3-8-44(31)12-16(35)11-31/h9,16,22H,3-8,10-15,37-38H2,1-2H3/b27-25+/t16-,22?,31+/m1/s1. The molecule has 47 heavy (non-hydrogen) atoms. The van der Waals surface area contributed by atoms with E-state index in [9.17, 15) is 9.18 Å². The smallest absolute Gasteiger partial charge is 0.318 e. The van der Waals surface area contributed by atoms with E-state index in [4.69, 9.17) is 54.1 Å². The number of carbonyl (C=O) groups excluding carboxylic acids is 1. The Balaban J connectivity index is 1.37. The fraction of sp³-hybridized carbons (Fsp3) is 0.548. The van der Waals surface area contributed by atoms with Crippen LogP contribution in [-0.4, -0.2) is 96.5 Å². The van der Waals surface area contributed by atoms with Crippen LogP contribution in [0.15, 0.2) is 26.3 Å². The molecule has 4 aliphatic heterocycles. The van der Waals surface area contributed by atoms with E-state index in [1.54, 1.807) is 14.1 Å². The molecule has 0 radical (unpaired) electrons. The molecule has 1 aromatic heterocycles. The van der Waals surface area contributed by atoms with Gasteiger partial charge in [-0.25, -0.2) is 8.78 Å². The molecule has 2 aromatic rings. The number of benzene rings is 1. The number of aromatic nitrogens is 2. The first kappa shape index (κ1) is 34.1. The molecule has 4 N–H and O–H groups in total. The van der Waals surface area contributed by atoms with Gasteiger partial charge in [-0.1, -0.05) is 23.2 Å². The maximum atomic E-state index is 15.4. The number of nitrogen functional groups attached to an aromatic ring is 1. The summed E-state index contributed by atoms with van der Waals surface area (Å²) in [7, 11) is 3.18. The van der Waals surface area contributed by atoms with Crippen molar-refractivity contribution in [2.75, 3.05) is 64.1 Å². The predicted octanol–water partition coefficient (Wildman–Crippen LogP) is 4.53. The lowest BCUT2D eigenvalue weighted by Crippen LogP contribution is -2.43. The molecule has 4 aliphatic rings. The molecule has 6 rings (SSSR count). The first-order valence-corrected chi connectivity index (χ1v) is 17.0. The monoisotopic (exact) mass is 756 g/mol. The molecule has 2 fully saturated rings. The van der Waals surface area contributed by atoms with Crippen molar-refractivity contribution in [1.82, 2.24) is 19.8 Å². The number of amides is 1. The van der Waals surface area contributed by atoms with Gasteiger partial charge in [-0.05, 0) is 47.8 Å². The van der Waals surface area contributed by atoms with E-state index in [0.29, 0.717) is 59.7 Å². The zero-order valence-electron chi connectivity index (χ0n) is 26.2. The Labute approximate surface area is 290 Å². The van der Waals surface area contributed by atoms with Crippen molar-refractivity contribution in [3.8, 4) is 6.01 Å². The summed E-state index contributed by atoms with van der Waals surface area (Å²) in [4.78, 5) is 32.4. The number of likely N-dealkylation sites (N-methyl/N-ethyl adjacent to an activating group) is 1.